The molecule has 0 radical (unpaired) electrons. The third kappa shape index (κ3) is 2.11. The molecule has 2 atom stereocenters. The first-order valence-electron chi connectivity index (χ1n) is 5.28. The Morgan fingerprint density at radius 2 is 2.07 bits per heavy atom. The molecule has 0 aromatic heterocycles. The molecule has 0 unspecified atom stereocenters. The monoisotopic (exact) mass is 301 g/mol. The summed E-state index contributed by atoms with van der Waals surface area (Å²) >= 11 is 2.47. The lowest BCUT2D eigenvalue weighted by Gasteiger charge is -2.13. The summed E-state index contributed by atoms with van der Waals surface area (Å²) in [5, 5.41) is 0. The summed E-state index contributed by atoms with van der Waals surface area (Å²) < 4.78 is 2.47. The lowest BCUT2D eigenvalue weighted by atomic mass is 9.96. The molecule has 1 aliphatic rings. The van der Waals surface area contributed by atoms with Crippen LogP contribution in [0.15, 0.2) is 30.3 Å². The maximum Gasteiger partial charge on any atom is 0.0204 e. The van der Waals surface area contributed by atoms with Gasteiger partial charge in [0.05, 0.1) is 0 Å². The highest BCUT2D eigenvalue weighted by molar-refractivity contribution is 14.1. The maximum atomic E-state index is 2.47. The van der Waals surface area contributed by atoms with Gasteiger partial charge in [0.1, 0.15) is 0 Å². The number of rotatable bonds is 2. The van der Waals surface area contributed by atoms with E-state index in [0.29, 0.717) is 0 Å². The van der Waals surface area contributed by atoms with Crippen LogP contribution in [0.4, 0.5) is 0 Å². The number of hydrogen-bond acceptors (Lipinski definition) is 1. The van der Waals surface area contributed by atoms with Gasteiger partial charge in [-0.3, -0.25) is 0 Å². The van der Waals surface area contributed by atoms with Crippen LogP contribution in [0.3, 0.4) is 0 Å². The quantitative estimate of drug-likeness (QED) is 0.596. The lowest BCUT2D eigenvalue weighted by Crippen LogP contribution is -2.17. The van der Waals surface area contributed by atoms with Crippen molar-refractivity contribution in [3.8, 4) is 0 Å². The SMILES string of the molecule is CC[C@H]1C[C@H](c2ccccc2)CN1I. The molecular formula is C12H16IN. The molecule has 2 rings (SSSR count). The average Bonchev–Trinajstić information content (AvgIpc) is 2.61. The smallest absolute Gasteiger partial charge is 0.0204 e. The second-order valence-corrected chi connectivity index (χ2v) is 5.23. The van der Waals surface area contributed by atoms with Crippen LogP contribution in [-0.2, 0) is 0 Å². The summed E-state index contributed by atoms with van der Waals surface area (Å²) in [6.45, 7) is 3.49. The van der Waals surface area contributed by atoms with Crippen molar-refractivity contribution >= 4 is 22.9 Å². The minimum atomic E-state index is 0.748. The largest absolute Gasteiger partial charge is 0.244 e. The Morgan fingerprint density at radius 3 is 2.64 bits per heavy atom. The van der Waals surface area contributed by atoms with E-state index < -0.39 is 0 Å². The van der Waals surface area contributed by atoms with Gasteiger partial charge < -0.3 is 0 Å². The van der Waals surface area contributed by atoms with Crippen LogP contribution in [0.5, 0.6) is 0 Å². The molecule has 0 N–H and O–H groups in total. The Hall–Kier alpha value is -0.0900. The Morgan fingerprint density at radius 1 is 1.36 bits per heavy atom. The van der Waals surface area contributed by atoms with Gasteiger partial charge in [0, 0.05) is 35.5 Å². The summed E-state index contributed by atoms with van der Waals surface area (Å²) in [4.78, 5) is 0. The molecular weight excluding hydrogens is 285 g/mol. The Balaban J connectivity index is 2.09. The Kier molecular flexibility index (Phi) is 3.44. The van der Waals surface area contributed by atoms with Crippen molar-refractivity contribution in [3.05, 3.63) is 35.9 Å². The average molecular weight is 301 g/mol. The van der Waals surface area contributed by atoms with E-state index in [0.717, 1.165) is 12.0 Å². The van der Waals surface area contributed by atoms with E-state index in [1.807, 2.05) is 0 Å². The van der Waals surface area contributed by atoms with E-state index in [4.69, 9.17) is 0 Å². The van der Waals surface area contributed by atoms with Crippen LogP contribution in [0.25, 0.3) is 0 Å². The minimum absolute atomic E-state index is 0.748. The third-order valence-corrected chi connectivity index (χ3v) is 4.27. The zero-order chi connectivity index (χ0) is 9.97. The zero-order valence-corrected chi connectivity index (χ0v) is 10.6. The van der Waals surface area contributed by atoms with Crippen molar-refractivity contribution in [2.24, 2.45) is 0 Å². The Labute approximate surface area is 100.0 Å². The first-order chi connectivity index (χ1) is 6.81. The molecule has 14 heavy (non-hydrogen) atoms. The molecule has 1 aromatic carbocycles. The molecule has 1 fully saturated rings. The van der Waals surface area contributed by atoms with Gasteiger partial charge in [-0.15, -0.1) is 0 Å². The number of hydrogen-bond donors (Lipinski definition) is 0. The number of nitrogens with zero attached hydrogens (tertiary/aromatic N) is 1. The normalized spacial score (nSPS) is 28.1. The molecule has 0 bridgehead atoms. The second-order valence-electron chi connectivity index (χ2n) is 3.99. The summed E-state index contributed by atoms with van der Waals surface area (Å²) in [6.07, 6.45) is 2.59. The van der Waals surface area contributed by atoms with Crippen molar-refractivity contribution in [3.63, 3.8) is 0 Å². The standard InChI is InChI=1S/C12H16IN/c1-2-12-8-11(9-14(12)13)10-6-4-3-5-7-10/h3-7,11-12H,2,8-9H2,1H3/t11-,12-/m0/s1. The lowest BCUT2D eigenvalue weighted by molar-refractivity contribution is 0.457. The van der Waals surface area contributed by atoms with Crippen LogP contribution in [0, 0.1) is 0 Å². The maximum absolute atomic E-state index is 2.47. The van der Waals surface area contributed by atoms with E-state index in [1.54, 1.807) is 0 Å². The van der Waals surface area contributed by atoms with Crippen molar-refractivity contribution in [1.82, 2.24) is 3.11 Å². The fraction of sp³-hybridized carbons (Fsp3) is 0.500. The van der Waals surface area contributed by atoms with Crippen LogP contribution in [0.1, 0.15) is 31.2 Å². The number of benzene rings is 1. The molecule has 1 heterocycles. The van der Waals surface area contributed by atoms with E-state index in [1.165, 1.54) is 24.9 Å². The highest BCUT2D eigenvalue weighted by Crippen LogP contribution is 2.34. The predicted molar refractivity (Wildman–Crippen MR) is 68.6 cm³/mol. The fourth-order valence-corrected chi connectivity index (χ4v) is 3.31. The van der Waals surface area contributed by atoms with Crippen LogP contribution >= 0.6 is 22.9 Å². The molecule has 76 valence electrons. The van der Waals surface area contributed by atoms with Gasteiger partial charge in [-0.25, -0.2) is 3.11 Å². The third-order valence-electron chi connectivity index (χ3n) is 3.09. The van der Waals surface area contributed by atoms with Crippen molar-refractivity contribution < 1.29 is 0 Å². The van der Waals surface area contributed by atoms with E-state index in [2.05, 4.69) is 63.2 Å². The van der Waals surface area contributed by atoms with Crippen molar-refractivity contribution in [2.45, 2.75) is 31.7 Å². The van der Waals surface area contributed by atoms with Gasteiger partial charge in [0.2, 0.25) is 0 Å². The van der Waals surface area contributed by atoms with Crippen LogP contribution in [0.2, 0.25) is 0 Å². The highest BCUT2D eigenvalue weighted by Gasteiger charge is 2.29. The van der Waals surface area contributed by atoms with Gasteiger partial charge in [0.25, 0.3) is 0 Å². The van der Waals surface area contributed by atoms with Gasteiger partial charge in [-0.1, -0.05) is 37.3 Å². The van der Waals surface area contributed by atoms with Gasteiger partial charge in [0.15, 0.2) is 0 Å². The summed E-state index contributed by atoms with van der Waals surface area (Å²) in [5.74, 6) is 0.748. The van der Waals surface area contributed by atoms with Crippen LogP contribution < -0.4 is 0 Å². The van der Waals surface area contributed by atoms with Gasteiger partial charge >= 0.3 is 0 Å². The minimum Gasteiger partial charge on any atom is -0.244 e. The fourth-order valence-electron chi connectivity index (χ4n) is 2.21. The molecule has 1 nitrogen and oxygen atoms in total. The first kappa shape index (κ1) is 10.4. The molecule has 1 saturated heterocycles. The second kappa shape index (κ2) is 4.62. The molecule has 0 amide bonds. The summed E-state index contributed by atoms with van der Waals surface area (Å²) in [7, 11) is 0. The topological polar surface area (TPSA) is 3.24 Å². The van der Waals surface area contributed by atoms with Crippen LogP contribution in [-0.4, -0.2) is 15.7 Å². The molecule has 0 aliphatic carbocycles. The van der Waals surface area contributed by atoms with E-state index in [9.17, 15) is 0 Å². The van der Waals surface area contributed by atoms with E-state index in [-0.39, 0.29) is 0 Å². The zero-order valence-electron chi connectivity index (χ0n) is 8.49. The van der Waals surface area contributed by atoms with Gasteiger partial charge in [-0.2, -0.15) is 0 Å². The highest BCUT2D eigenvalue weighted by atomic mass is 127. The molecule has 0 spiro atoms. The Bertz CT molecular complexity index is 286. The van der Waals surface area contributed by atoms with Crippen molar-refractivity contribution in [2.75, 3.05) is 6.54 Å². The number of halogens is 1. The molecule has 1 aromatic rings. The van der Waals surface area contributed by atoms with Gasteiger partial charge in [-0.05, 0) is 24.3 Å². The first-order valence-corrected chi connectivity index (χ1v) is 6.25. The molecule has 2 heteroatoms. The van der Waals surface area contributed by atoms with E-state index >= 15 is 0 Å². The summed E-state index contributed by atoms with van der Waals surface area (Å²) in [5.41, 5.74) is 1.50. The van der Waals surface area contributed by atoms with Crippen molar-refractivity contribution in [1.29, 1.82) is 0 Å². The molecule has 0 saturated carbocycles. The summed E-state index contributed by atoms with van der Waals surface area (Å²) in [6, 6.07) is 11.7. The molecule has 1 aliphatic heterocycles. The predicted octanol–water partition coefficient (Wildman–Crippen LogP) is 3.60.